The second-order valence-corrected chi connectivity index (χ2v) is 8.75. The van der Waals surface area contributed by atoms with Crippen molar-refractivity contribution in [1.82, 2.24) is 5.32 Å². The largest absolute Gasteiger partial charge is 0.309 e. The minimum atomic E-state index is 0.579. The van der Waals surface area contributed by atoms with Crippen molar-refractivity contribution < 1.29 is 0 Å². The second-order valence-electron chi connectivity index (χ2n) is 5.50. The number of hydrogen-bond donors (Lipinski definition) is 1. The van der Waals surface area contributed by atoms with Crippen LogP contribution in [-0.4, -0.2) is 6.54 Å². The Kier molecular flexibility index (Phi) is 4.19. The minimum Gasteiger partial charge on any atom is -0.309 e. The summed E-state index contributed by atoms with van der Waals surface area (Å²) >= 11 is 9.13. The molecular formula is C14H19Br2NS. The molecule has 3 rings (SSSR count). The number of thiophene rings is 1. The van der Waals surface area contributed by atoms with E-state index in [4.69, 9.17) is 0 Å². The lowest BCUT2D eigenvalue weighted by Gasteiger charge is -2.16. The lowest BCUT2D eigenvalue weighted by Crippen LogP contribution is -2.23. The van der Waals surface area contributed by atoms with Crippen LogP contribution in [0.3, 0.4) is 0 Å². The fourth-order valence-corrected chi connectivity index (χ4v) is 5.93. The van der Waals surface area contributed by atoms with Crippen LogP contribution in [0.25, 0.3) is 0 Å². The molecule has 1 aromatic heterocycles. The van der Waals surface area contributed by atoms with Gasteiger partial charge in [-0.1, -0.05) is 19.8 Å². The summed E-state index contributed by atoms with van der Waals surface area (Å²) in [5, 5.41) is 3.73. The zero-order valence-corrected chi connectivity index (χ0v) is 14.6. The highest BCUT2D eigenvalue weighted by atomic mass is 79.9. The molecule has 2 aliphatic rings. The summed E-state index contributed by atoms with van der Waals surface area (Å²) < 4.78 is 2.43. The molecule has 1 N–H and O–H groups in total. The molecule has 0 saturated heterocycles. The average molecular weight is 393 g/mol. The summed E-state index contributed by atoms with van der Waals surface area (Å²) in [5.41, 5.74) is 0. The van der Waals surface area contributed by atoms with Crippen LogP contribution >= 0.6 is 43.2 Å². The molecule has 2 fully saturated rings. The number of rotatable bonds is 4. The van der Waals surface area contributed by atoms with Gasteiger partial charge in [-0.15, -0.1) is 11.3 Å². The van der Waals surface area contributed by atoms with Crippen LogP contribution < -0.4 is 5.32 Å². The zero-order chi connectivity index (χ0) is 12.7. The number of nitrogens with one attached hydrogen (secondary N) is 1. The summed E-state index contributed by atoms with van der Waals surface area (Å²) in [6.07, 6.45) is 5.83. The predicted octanol–water partition coefficient (Wildman–Crippen LogP) is 5.36. The van der Waals surface area contributed by atoms with Gasteiger partial charge in [0.15, 0.2) is 0 Å². The highest BCUT2D eigenvalue weighted by molar-refractivity contribution is 9.13. The van der Waals surface area contributed by atoms with Gasteiger partial charge in [0.2, 0.25) is 0 Å². The third-order valence-electron chi connectivity index (χ3n) is 4.50. The fourth-order valence-electron chi connectivity index (χ4n) is 3.71. The number of fused-ring (bicyclic) bond motifs is 1. The van der Waals surface area contributed by atoms with E-state index in [1.807, 2.05) is 11.3 Å². The molecule has 2 saturated carbocycles. The molecule has 1 nitrogen and oxygen atoms in total. The van der Waals surface area contributed by atoms with Gasteiger partial charge in [-0.3, -0.25) is 0 Å². The van der Waals surface area contributed by atoms with Crippen molar-refractivity contribution in [3.8, 4) is 0 Å². The first-order valence-electron chi connectivity index (χ1n) is 6.90. The van der Waals surface area contributed by atoms with E-state index in [2.05, 4.69) is 50.2 Å². The molecule has 0 amide bonds. The van der Waals surface area contributed by atoms with Crippen LogP contribution in [0.2, 0.25) is 0 Å². The molecule has 3 atom stereocenters. The molecule has 3 unspecified atom stereocenters. The molecule has 1 heterocycles. The summed E-state index contributed by atoms with van der Waals surface area (Å²) in [5.74, 6) is 2.90. The quantitative estimate of drug-likeness (QED) is 0.727. The van der Waals surface area contributed by atoms with Gasteiger partial charge in [-0.25, -0.2) is 0 Å². The molecule has 100 valence electrons. The van der Waals surface area contributed by atoms with Crippen LogP contribution in [0.15, 0.2) is 14.3 Å². The van der Waals surface area contributed by atoms with Crippen molar-refractivity contribution in [1.29, 1.82) is 0 Å². The van der Waals surface area contributed by atoms with Gasteiger partial charge in [-0.2, -0.15) is 0 Å². The van der Waals surface area contributed by atoms with Crippen molar-refractivity contribution in [3.63, 3.8) is 0 Å². The van der Waals surface area contributed by atoms with E-state index >= 15 is 0 Å². The number of halogens is 2. The van der Waals surface area contributed by atoms with Crippen LogP contribution in [0.1, 0.15) is 43.5 Å². The van der Waals surface area contributed by atoms with E-state index in [1.165, 1.54) is 38.8 Å². The van der Waals surface area contributed by atoms with Gasteiger partial charge in [0.05, 0.1) is 3.79 Å². The standard InChI is InChI=1S/C14H19Br2NS/c1-2-17-13(11-7-10(15)14(16)18-11)12-8-5-3-4-6-9(8)12/h7-9,12-13,17H,2-6H2,1H3. The summed E-state index contributed by atoms with van der Waals surface area (Å²) in [6, 6.07) is 2.88. The lowest BCUT2D eigenvalue weighted by atomic mass is 10.0. The van der Waals surface area contributed by atoms with E-state index in [1.54, 1.807) is 0 Å². The van der Waals surface area contributed by atoms with E-state index in [9.17, 15) is 0 Å². The molecule has 18 heavy (non-hydrogen) atoms. The molecule has 4 heteroatoms. The molecule has 0 spiro atoms. The molecule has 0 bridgehead atoms. The van der Waals surface area contributed by atoms with E-state index in [-0.39, 0.29) is 0 Å². The first kappa shape index (κ1) is 13.6. The Bertz CT molecular complexity index is 400. The maximum Gasteiger partial charge on any atom is 0.0843 e. The van der Waals surface area contributed by atoms with Gasteiger partial charge < -0.3 is 5.32 Å². The minimum absolute atomic E-state index is 0.579. The maximum absolute atomic E-state index is 3.73. The Morgan fingerprint density at radius 2 is 2.00 bits per heavy atom. The highest BCUT2D eigenvalue weighted by Gasteiger charge is 2.54. The zero-order valence-electron chi connectivity index (χ0n) is 10.6. The van der Waals surface area contributed by atoms with E-state index < -0.39 is 0 Å². The van der Waals surface area contributed by atoms with Gasteiger partial charge in [-0.05, 0) is 75.1 Å². The summed E-state index contributed by atoms with van der Waals surface area (Å²) in [4.78, 5) is 1.50. The van der Waals surface area contributed by atoms with Crippen molar-refractivity contribution >= 4 is 43.2 Å². The van der Waals surface area contributed by atoms with Crippen molar-refractivity contribution in [2.75, 3.05) is 6.54 Å². The normalized spacial score (nSPS) is 32.1. The molecule has 0 aromatic carbocycles. The smallest absolute Gasteiger partial charge is 0.0843 e. The van der Waals surface area contributed by atoms with Crippen LogP contribution in [0.5, 0.6) is 0 Å². The first-order valence-corrected chi connectivity index (χ1v) is 9.30. The van der Waals surface area contributed by atoms with E-state index in [0.29, 0.717) is 6.04 Å². The second kappa shape index (κ2) is 5.55. The predicted molar refractivity (Wildman–Crippen MR) is 85.1 cm³/mol. The SMILES string of the molecule is CCNC(c1cc(Br)c(Br)s1)C1C2CCCCC21. The number of hydrogen-bond acceptors (Lipinski definition) is 2. The van der Waals surface area contributed by atoms with Gasteiger partial charge >= 0.3 is 0 Å². The Balaban J connectivity index is 1.80. The molecule has 0 radical (unpaired) electrons. The fraction of sp³-hybridized carbons (Fsp3) is 0.714. The summed E-state index contributed by atoms with van der Waals surface area (Å²) in [7, 11) is 0. The third-order valence-corrected chi connectivity index (χ3v) is 7.84. The van der Waals surface area contributed by atoms with Gasteiger partial charge in [0, 0.05) is 15.4 Å². The van der Waals surface area contributed by atoms with Crippen LogP contribution in [0, 0.1) is 17.8 Å². The van der Waals surface area contributed by atoms with Crippen molar-refractivity contribution in [2.45, 2.75) is 38.6 Å². The highest BCUT2D eigenvalue weighted by Crippen LogP contribution is 2.61. The van der Waals surface area contributed by atoms with Crippen molar-refractivity contribution in [3.05, 3.63) is 19.2 Å². The Labute approximate surface area is 130 Å². The Morgan fingerprint density at radius 3 is 2.50 bits per heavy atom. The maximum atomic E-state index is 3.73. The van der Waals surface area contributed by atoms with E-state index in [0.717, 1.165) is 24.3 Å². The monoisotopic (exact) mass is 391 g/mol. The van der Waals surface area contributed by atoms with Gasteiger partial charge in [0.1, 0.15) is 0 Å². The van der Waals surface area contributed by atoms with Crippen molar-refractivity contribution in [2.24, 2.45) is 17.8 Å². The molecule has 2 aliphatic carbocycles. The molecule has 1 aromatic rings. The summed E-state index contributed by atoms with van der Waals surface area (Å²) in [6.45, 7) is 3.28. The average Bonchev–Trinajstić information content (AvgIpc) is 2.99. The topological polar surface area (TPSA) is 12.0 Å². The third kappa shape index (κ3) is 2.46. The Morgan fingerprint density at radius 1 is 1.33 bits per heavy atom. The van der Waals surface area contributed by atoms with Crippen LogP contribution in [-0.2, 0) is 0 Å². The molecule has 0 aliphatic heterocycles. The van der Waals surface area contributed by atoms with Gasteiger partial charge in [0.25, 0.3) is 0 Å². The van der Waals surface area contributed by atoms with Crippen LogP contribution in [0.4, 0.5) is 0 Å². The first-order chi connectivity index (χ1) is 8.72. The molecular weight excluding hydrogens is 374 g/mol. The lowest BCUT2D eigenvalue weighted by molar-refractivity contribution is 0.463. The Hall–Kier alpha value is 0.620.